The molecule has 2 unspecified atom stereocenters. The summed E-state index contributed by atoms with van der Waals surface area (Å²) in [5.41, 5.74) is 5.82. The predicted octanol–water partition coefficient (Wildman–Crippen LogP) is -4.27. The zero-order chi connectivity index (χ0) is 27.7. The van der Waals surface area contributed by atoms with Gasteiger partial charge in [-0.15, -0.1) is 0 Å². The van der Waals surface area contributed by atoms with Crippen molar-refractivity contribution in [2.24, 2.45) is 5.73 Å². The molecule has 0 aliphatic carbocycles. The average molecular weight is 538 g/mol. The Morgan fingerprint density at radius 3 is 1.59 bits per heavy atom. The second kappa shape index (κ2) is 24.0. The fourth-order valence-corrected chi connectivity index (χ4v) is 2.83. The number of hydrogen-bond acceptors (Lipinski definition) is 11. The fourth-order valence-electron chi connectivity index (χ4n) is 2.83. The van der Waals surface area contributed by atoms with Crippen LogP contribution in [-0.2, 0) is 33.4 Å². The van der Waals surface area contributed by atoms with E-state index in [1.54, 1.807) is 0 Å². The minimum Gasteiger partial charge on any atom is -0.394 e. The molecule has 0 aromatic carbocycles. The van der Waals surface area contributed by atoms with E-state index in [9.17, 15) is 19.2 Å². The van der Waals surface area contributed by atoms with E-state index in [-0.39, 0.29) is 111 Å². The summed E-state index contributed by atoms with van der Waals surface area (Å²) in [5.74, 6) is -1.82. The molecule has 9 N–H and O–H groups in total. The predicted molar refractivity (Wildman–Crippen MR) is 131 cm³/mol. The van der Waals surface area contributed by atoms with E-state index in [0.717, 1.165) is 0 Å². The number of nitrogens with two attached hydrogens (primary N) is 1. The Hall–Kier alpha value is -2.40. The molecule has 15 heteroatoms. The lowest BCUT2D eigenvalue weighted by atomic mass is 10.1. The molecule has 0 spiro atoms. The van der Waals surface area contributed by atoms with Crippen LogP contribution in [0.4, 0.5) is 0 Å². The Morgan fingerprint density at radius 2 is 1.08 bits per heavy atom. The van der Waals surface area contributed by atoms with Crippen molar-refractivity contribution >= 4 is 23.6 Å². The molecule has 0 saturated carbocycles. The first kappa shape index (κ1) is 34.6. The Balaban J connectivity index is 4.61. The van der Waals surface area contributed by atoms with E-state index in [1.165, 1.54) is 0 Å². The molecule has 0 aromatic rings. The maximum absolute atomic E-state index is 12.6. The Morgan fingerprint density at radius 1 is 0.622 bits per heavy atom. The summed E-state index contributed by atoms with van der Waals surface area (Å²) in [6, 6.07) is -1.95. The minimum absolute atomic E-state index is 0.0266. The lowest BCUT2D eigenvalue weighted by molar-refractivity contribution is -0.130. The first-order chi connectivity index (χ1) is 17.8. The van der Waals surface area contributed by atoms with Crippen molar-refractivity contribution in [1.29, 1.82) is 0 Å². The van der Waals surface area contributed by atoms with Crippen molar-refractivity contribution in [2.75, 3.05) is 79.1 Å². The number of carbonyl (C=O) groups excluding carboxylic acids is 4. The molecule has 15 nitrogen and oxygen atoms in total. The Kier molecular flexibility index (Phi) is 22.4. The smallest absolute Gasteiger partial charge is 0.242 e. The molecule has 0 aromatic heterocycles. The van der Waals surface area contributed by atoms with Gasteiger partial charge < -0.3 is 56.5 Å². The third-order valence-corrected chi connectivity index (χ3v) is 4.70. The van der Waals surface area contributed by atoms with Gasteiger partial charge in [0, 0.05) is 32.5 Å². The van der Waals surface area contributed by atoms with Crippen LogP contribution in [-0.4, -0.2) is 130 Å². The van der Waals surface area contributed by atoms with Gasteiger partial charge >= 0.3 is 0 Å². The van der Waals surface area contributed by atoms with E-state index in [0.29, 0.717) is 0 Å². The van der Waals surface area contributed by atoms with Gasteiger partial charge in [-0.3, -0.25) is 19.2 Å². The number of nitrogens with one attached hydrogen (secondary N) is 4. The molecular formula is C22H43N5O10. The maximum atomic E-state index is 12.6. The highest BCUT2D eigenvalue weighted by atomic mass is 16.5. The van der Waals surface area contributed by atoms with E-state index < -0.39 is 29.8 Å². The second-order valence-corrected chi connectivity index (χ2v) is 7.74. The van der Waals surface area contributed by atoms with Crippen LogP contribution in [0.25, 0.3) is 0 Å². The molecule has 2 atom stereocenters. The molecule has 0 rings (SSSR count). The fraction of sp³-hybridized carbons (Fsp3) is 0.818. The quantitative estimate of drug-likeness (QED) is 0.0549. The number of aliphatic hydroxyl groups is 3. The number of hydrogen-bond donors (Lipinski definition) is 8. The SMILES string of the molecule is NC(CCC(=O)NC(CCC(=O)NCCOCCO)C(=O)NCCOCCO)C(=O)NCCOCCO. The standard InChI is InChI=1S/C22H43N5O10/c23-17(21(33)25-6-12-36-15-9-29)1-3-20(32)27-18(22(34)26-7-13-37-16-10-30)2-4-19(31)24-5-11-35-14-8-28/h17-18,28-30H,1-16,23H2,(H,24,31)(H,25,33)(H,26,34)(H,27,32). The molecule has 37 heavy (non-hydrogen) atoms. The van der Waals surface area contributed by atoms with Crippen molar-refractivity contribution in [3.63, 3.8) is 0 Å². The number of amides is 4. The van der Waals surface area contributed by atoms with Gasteiger partial charge in [-0.05, 0) is 12.8 Å². The van der Waals surface area contributed by atoms with Crippen molar-refractivity contribution < 1.29 is 48.7 Å². The van der Waals surface area contributed by atoms with Crippen molar-refractivity contribution in [3.05, 3.63) is 0 Å². The molecule has 0 radical (unpaired) electrons. The summed E-state index contributed by atoms with van der Waals surface area (Å²) in [6.45, 7) is 1.25. The third kappa shape index (κ3) is 20.4. The summed E-state index contributed by atoms with van der Waals surface area (Å²) in [6.07, 6.45) is -0.0986. The molecular weight excluding hydrogens is 494 g/mol. The summed E-state index contributed by atoms with van der Waals surface area (Å²) in [7, 11) is 0. The molecule has 0 heterocycles. The minimum atomic E-state index is -1.00. The zero-order valence-electron chi connectivity index (χ0n) is 21.2. The van der Waals surface area contributed by atoms with Crippen LogP contribution >= 0.6 is 0 Å². The Labute approximate surface area is 216 Å². The lowest BCUT2D eigenvalue weighted by Crippen LogP contribution is -2.48. The number of carbonyl (C=O) groups is 4. The van der Waals surface area contributed by atoms with Crippen LogP contribution < -0.4 is 27.0 Å². The van der Waals surface area contributed by atoms with Gasteiger partial charge in [-0.1, -0.05) is 0 Å². The summed E-state index contributed by atoms with van der Waals surface area (Å²) in [4.78, 5) is 49.1. The van der Waals surface area contributed by atoms with E-state index in [2.05, 4.69) is 21.3 Å². The molecule has 0 fully saturated rings. The lowest BCUT2D eigenvalue weighted by Gasteiger charge is -2.19. The van der Waals surface area contributed by atoms with Crippen LogP contribution in [0.3, 0.4) is 0 Å². The molecule has 0 aliphatic heterocycles. The average Bonchev–Trinajstić information content (AvgIpc) is 2.88. The van der Waals surface area contributed by atoms with Gasteiger partial charge in [0.15, 0.2) is 0 Å². The van der Waals surface area contributed by atoms with Gasteiger partial charge in [0.05, 0.1) is 65.5 Å². The third-order valence-electron chi connectivity index (χ3n) is 4.70. The molecule has 4 amide bonds. The molecule has 0 bridgehead atoms. The van der Waals surface area contributed by atoms with Crippen molar-refractivity contribution in [3.8, 4) is 0 Å². The highest BCUT2D eigenvalue weighted by Crippen LogP contribution is 2.02. The first-order valence-corrected chi connectivity index (χ1v) is 12.3. The molecule has 0 aliphatic rings. The van der Waals surface area contributed by atoms with Gasteiger partial charge in [0.1, 0.15) is 6.04 Å². The van der Waals surface area contributed by atoms with Crippen LogP contribution in [0.5, 0.6) is 0 Å². The number of aliphatic hydroxyl groups excluding tert-OH is 3. The van der Waals surface area contributed by atoms with Crippen LogP contribution in [0.2, 0.25) is 0 Å². The molecule has 0 saturated heterocycles. The highest BCUT2D eigenvalue weighted by molar-refractivity contribution is 5.88. The number of rotatable bonds is 24. The van der Waals surface area contributed by atoms with Gasteiger partial charge in [-0.2, -0.15) is 0 Å². The van der Waals surface area contributed by atoms with Crippen LogP contribution in [0.1, 0.15) is 25.7 Å². The summed E-state index contributed by atoms with van der Waals surface area (Å²) in [5, 5.41) is 36.4. The normalized spacial score (nSPS) is 12.4. The van der Waals surface area contributed by atoms with E-state index in [4.69, 9.17) is 35.3 Å². The zero-order valence-corrected chi connectivity index (χ0v) is 21.2. The Bertz CT molecular complexity index is 641. The highest BCUT2D eigenvalue weighted by Gasteiger charge is 2.22. The summed E-state index contributed by atoms with van der Waals surface area (Å²) < 4.78 is 15.2. The van der Waals surface area contributed by atoms with Gasteiger partial charge in [-0.25, -0.2) is 0 Å². The van der Waals surface area contributed by atoms with Gasteiger partial charge in [0.25, 0.3) is 0 Å². The van der Waals surface area contributed by atoms with Crippen LogP contribution in [0, 0.1) is 0 Å². The monoisotopic (exact) mass is 537 g/mol. The van der Waals surface area contributed by atoms with E-state index >= 15 is 0 Å². The maximum Gasteiger partial charge on any atom is 0.242 e. The van der Waals surface area contributed by atoms with Crippen molar-refractivity contribution in [2.45, 2.75) is 37.8 Å². The summed E-state index contributed by atoms with van der Waals surface area (Å²) >= 11 is 0. The van der Waals surface area contributed by atoms with Gasteiger partial charge in [0.2, 0.25) is 23.6 Å². The largest absolute Gasteiger partial charge is 0.394 e. The van der Waals surface area contributed by atoms with Crippen LogP contribution in [0.15, 0.2) is 0 Å². The number of ether oxygens (including phenoxy) is 3. The van der Waals surface area contributed by atoms with E-state index in [1.807, 2.05) is 0 Å². The van der Waals surface area contributed by atoms with Crippen molar-refractivity contribution in [1.82, 2.24) is 21.3 Å². The second-order valence-electron chi connectivity index (χ2n) is 7.74. The molecule has 216 valence electrons. The first-order valence-electron chi connectivity index (χ1n) is 12.3. The topological polar surface area (TPSA) is 231 Å².